The number of hydrogen-bond donors (Lipinski definition) is 1. The van der Waals surface area contributed by atoms with Crippen LogP contribution in [0.4, 0.5) is 0 Å². The van der Waals surface area contributed by atoms with Gasteiger partial charge in [-0.2, -0.15) is 0 Å². The zero-order chi connectivity index (χ0) is 15.3. The van der Waals surface area contributed by atoms with Crippen molar-refractivity contribution in [2.75, 3.05) is 6.61 Å². The van der Waals surface area contributed by atoms with E-state index < -0.39 is 11.6 Å². The van der Waals surface area contributed by atoms with Crippen LogP contribution in [0.5, 0.6) is 0 Å². The van der Waals surface area contributed by atoms with Crippen LogP contribution < -0.4 is 0 Å². The molecule has 1 N–H and O–H groups in total. The highest BCUT2D eigenvalue weighted by molar-refractivity contribution is 5.79. The minimum Gasteiger partial charge on any atom is -0.464 e. The summed E-state index contributed by atoms with van der Waals surface area (Å²) in [7, 11) is 0. The van der Waals surface area contributed by atoms with Gasteiger partial charge in [0, 0.05) is 0 Å². The van der Waals surface area contributed by atoms with E-state index in [1.54, 1.807) is 6.92 Å². The van der Waals surface area contributed by atoms with Gasteiger partial charge in [0.25, 0.3) is 0 Å². The smallest absolute Gasteiger partial charge is 0.338 e. The molecule has 0 spiro atoms. The van der Waals surface area contributed by atoms with Crippen LogP contribution >= 0.6 is 0 Å². The maximum Gasteiger partial charge on any atom is 0.338 e. The molecular weight excluding hydrogens is 264 g/mol. The number of benzene rings is 1. The van der Waals surface area contributed by atoms with Gasteiger partial charge in [-0.1, -0.05) is 37.3 Å². The molecule has 1 unspecified atom stereocenters. The summed E-state index contributed by atoms with van der Waals surface area (Å²) in [5.74, 6) is 0.114. The summed E-state index contributed by atoms with van der Waals surface area (Å²) in [5, 5.41) is 10.7. The van der Waals surface area contributed by atoms with E-state index in [9.17, 15) is 9.90 Å². The fourth-order valence-electron chi connectivity index (χ4n) is 3.49. The zero-order valence-electron chi connectivity index (χ0n) is 13.0. The van der Waals surface area contributed by atoms with Crippen molar-refractivity contribution in [1.29, 1.82) is 0 Å². The SMILES string of the molecule is CCOC(=O)C(O)(CC)C1CCC(c2ccccc2)CC1. The van der Waals surface area contributed by atoms with Gasteiger partial charge in [0.2, 0.25) is 0 Å². The third-order valence-electron chi connectivity index (χ3n) is 4.84. The number of carbonyl (C=O) groups excluding carboxylic acids is 1. The predicted octanol–water partition coefficient (Wildman–Crippen LogP) is 3.66. The van der Waals surface area contributed by atoms with Crippen LogP contribution in [0.2, 0.25) is 0 Å². The predicted molar refractivity (Wildman–Crippen MR) is 83.0 cm³/mol. The van der Waals surface area contributed by atoms with Crippen molar-refractivity contribution in [3.8, 4) is 0 Å². The maximum absolute atomic E-state index is 12.1. The van der Waals surface area contributed by atoms with Crippen LogP contribution in [0, 0.1) is 5.92 Å². The summed E-state index contributed by atoms with van der Waals surface area (Å²) in [4.78, 5) is 12.1. The zero-order valence-corrected chi connectivity index (χ0v) is 13.0. The van der Waals surface area contributed by atoms with E-state index in [4.69, 9.17) is 4.74 Å². The topological polar surface area (TPSA) is 46.5 Å². The molecule has 21 heavy (non-hydrogen) atoms. The molecular formula is C18H26O3. The Morgan fingerprint density at radius 1 is 1.19 bits per heavy atom. The molecule has 0 aromatic heterocycles. The minimum absolute atomic E-state index is 0.0153. The highest BCUT2D eigenvalue weighted by Gasteiger charge is 2.44. The average Bonchev–Trinajstić information content (AvgIpc) is 2.55. The Bertz CT molecular complexity index is 449. The summed E-state index contributed by atoms with van der Waals surface area (Å²) < 4.78 is 5.07. The standard InChI is InChI=1S/C18H26O3/c1-3-18(20,17(19)21-4-2)16-12-10-15(11-13-16)14-8-6-5-7-9-14/h5-9,15-16,20H,3-4,10-13H2,1-2H3. The highest BCUT2D eigenvalue weighted by Crippen LogP contribution is 2.41. The summed E-state index contributed by atoms with van der Waals surface area (Å²) in [6.07, 6.45) is 4.23. The van der Waals surface area contributed by atoms with E-state index in [0.717, 1.165) is 25.7 Å². The number of rotatable bonds is 5. The Morgan fingerprint density at radius 3 is 2.33 bits per heavy atom. The van der Waals surface area contributed by atoms with E-state index in [1.807, 2.05) is 13.0 Å². The number of hydrogen-bond acceptors (Lipinski definition) is 3. The molecule has 3 nitrogen and oxygen atoms in total. The Kier molecular flexibility index (Phi) is 5.40. The number of ether oxygens (including phenoxy) is 1. The lowest BCUT2D eigenvalue weighted by atomic mass is 9.71. The van der Waals surface area contributed by atoms with Crippen LogP contribution in [0.3, 0.4) is 0 Å². The molecule has 116 valence electrons. The first-order chi connectivity index (χ1) is 10.1. The molecule has 3 heteroatoms. The number of carbonyl (C=O) groups is 1. The molecule has 1 aromatic carbocycles. The fourth-order valence-corrected chi connectivity index (χ4v) is 3.49. The summed E-state index contributed by atoms with van der Waals surface area (Å²) >= 11 is 0. The summed E-state index contributed by atoms with van der Waals surface area (Å²) in [6, 6.07) is 10.5. The van der Waals surface area contributed by atoms with Gasteiger partial charge >= 0.3 is 5.97 Å². The summed E-state index contributed by atoms with van der Waals surface area (Å²) in [6.45, 7) is 3.96. The molecule has 1 fully saturated rings. The van der Waals surface area contributed by atoms with Crippen molar-refractivity contribution in [2.24, 2.45) is 5.92 Å². The monoisotopic (exact) mass is 290 g/mol. The molecule has 1 aromatic rings. The van der Waals surface area contributed by atoms with E-state index >= 15 is 0 Å². The van der Waals surface area contributed by atoms with E-state index in [0.29, 0.717) is 18.9 Å². The van der Waals surface area contributed by atoms with Gasteiger partial charge in [-0.05, 0) is 56.4 Å². The van der Waals surface area contributed by atoms with E-state index in [2.05, 4.69) is 24.3 Å². The van der Waals surface area contributed by atoms with Gasteiger partial charge in [0.1, 0.15) is 0 Å². The summed E-state index contributed by atoms with van der Waals surface area (Å²) in [5.41, 5.74) is 0.0598. The molecule has 0 amide bonds. The Balaban J connectivity index is 2.00. The van der Waals surface area contributed by atoms with E-state index in [-0.39, 0.29) is 5.92 Å². The van der Waals surface area contributed by atoms with Gasteiger partial charge in [-0.15, -0.1) is 0 Å². The molecule has 0 aliphatic heterocycles. The van der Waals surface area contributed by atoms with Crippen LogP contribution in [-0.4, -0.2) is 23.3 Å². The van der Waals surface area contributed by atoms with Gasteiger partial charge in [0.15, 0.2) is 5.60 Å². The van der Waals surface area contributed by atoms with Crippen molar-refractivity contribution < 1.29 is 14.6 Å². The van der Waals surface area contributed by atoms with Crippen molar-refractivity contribution in [2.45, 2.75) is 57.5 Å². The normalized spacial score (nSPS) is 25.1. The largest absolute Gasteiger partial charge is 0.464 e. The minimum atomic E-state index is -1.31. The lowest BCUT2D eigenvalue weighted by Crippen LogP contribution is -2.47. The molecule has 1 saturated carbocycles. The van der Waals surface area contributed by atoms with Crippen molar-refractivity contribution in [1.82, 2.24) is 0 Å². The third kappa shape index (κ3) is 3.46. The lowest BCUT2D eigenvalue weighted by Gasteiger charge is -2.38. The third-order valence-corrected chi connectivity index (χ3v) is 4.84. The lowest BCUT2D eigenvalue weighted by molar-refractivity contribution is -0.173. The average molecular weight is 290 g/mol. The van der Waals surface area contributed by atoms with Gasteiger partial charge in [0.05, 0.1) is 6.61 Å². The van der Waals surface area contributed by atoms with Crippen molar-refractivity contribution in [3.05, 3.63) is 35.9 Å². The van der Waals surface area contributed by atoms with Crippen LogP contribution in [0.25, 0.3) is 0 Å². The Morgan fingerprint density at radius 2 is 1.81 bits per heavy atom. The van der Waals surface area contributed by atoms with Gasteiger partial charge in [-0.3, -0.25) is 0 Å². The number of aliphatic hydroxyl groups is 1. The second-order valence-electron chi connectivity index (χ2n) is 5.96. The maximum atomic E-state index is 12.1. The van der Waals surface area contributed by atoms with Crippen LogP contribution in [0.1, 0.15) is 57.4 Å². The van der Waals surface area contributed by atoms with Gasteiger partial charge in [-0.25, -0.2) is 4.79 Å². The molecule has 1 atom stereocenters. The van der Waals surface area contributed by atoms with Crippen molar-refractivity contribution in [3.63, 3.8) is 0 Å². The van der Waals surface area contributed by atoms with Crippen molar-refractivity contribution >= 4 is 5.97 Å². The quantitative estimate of drug-likeness (QED) is 0.842. The number of esters is 1. The fraction of sp³-hybridized carbons (Fsp3) is 0.611. The second kappa shape index (κ2) is 7.08. The van der Waals surface area contributed by atoms with Crippen LogP contribution in [0.15, 0.2) is 30.3 Å². The molecule has 0 saturated heterocycles. The first-order valence-electron chi connectivity index (χ1n) is 8.06. The Hall–Kier alpha value is -1.35. The Labute approximate surface area is 127 Å². The molecule has 0 radical (unpaired) electrons. The van der Waals surface area contributed by atoms with E-state index in [1.165, 1.54) is 5.56 Å². The second-order valence-corrected chi connectivity index (χ2v) is 5.96. The molecule has 0 bridgehead atoms. The van der Waals surface area contributed by atoms with Crippen LogP contribution in [-0.2, 0) is 9.53 Å². The van der Waals surface area contributed by atoms with Gasteiger partial charge < -0.3 is 9.84 Å². The first kappa shape index (κ1) is 16.0. The molecule has 0 heterocycles. The first-order valence-corrected chi connectivity index (χ1v) is 8.06. The highest BCUT2D eigenvalue weighted by atomic mass is 16.5. The molecule has 1 aliphatic carbocycles. The molecule has 1 aliphatic rings. The molecule has 2 rings (SSSR count).